The molecule has 4 nitrogen and oxygen atoms in total. The van der Waals surface area contributed by atoms with Crippen molar-refractivity contribution in [1.29, 1.82) is 0 Å². The highest BCUT2D eigenvalue weighted by Gasteiger charge is 2.38. The van der Waals surface area contributed by atoms with Crippen molar-refractivity contribution in [1.82, 2.24) is 9.80 Å². The summed E-state index contributed by atoms with van der Waals surface area (Å²) in [5, 5.41) is 9.71. The molecule has 0 aliphatic carbocycles. The van der Waals surface area contributed by atoms with Crippen LogP contribution in [0.25, 0.3) is 0 Å². The van der Waals surface area contributed by atoms with Crippen LogP contribution in [0.5, 0.6) is 0 Å². The van der Waals surface area contributed by atoms with Gasteiger partial charge in [-0.15, -0.1) is 0 Å². The number of hydrogen-bond donors (Lipinski definition) is 1. The topological polar surface area (TPSA) is 43.8 Å². The summed E-state index contributed by atoms with van der Waals surface area (Å²) in [5.74, 6) is 0.0925. The van der Waals surface area contributed by atoms with Crippen molar-refractivity contribution in [2.45, 2.75) is 20.0 Å². The lowest BCUT2D eigenvalue weighted by Crippen LogP contribution is -2.36. The molecule has 0 aromatic rings. The Balaban J connectivity index is 2.47. The third-order valence-electron chi connectivity index (χ3n) is 2.82. The molecule has 1 aliphatic rings. The Morgan fingerprint density at radius 1 is 1.57 bits per heavy atom. The van der Waals surface area contributed by atoms with Crippen LogP contribution in [0.4, 0.5) is 0 Å². The number of aliphatic hydroxyl groups excluding tert-OH is 1. The van der Waals surface area contributed by atoms with Crippen LogP contribution in [0.15, 0.2) is 0 Å². The van der Waals surface area contributed by atoms with Crippen molar-refractivity contribution in [2.75, 3.05) is 33.7 Å². The molecule has 82 valence electrons. The highest BCUT2D eigenvalue weighted by Crippen LogP contribution is 2.28. The van der Waals surface area contributed by atoms with Gasteiger partial charge >= 0.3 is 0 Å². The fraction of sp³-hybridized carbons (Fsp3) is 0.900. The summed E-state index contributed by atoms with van der Waals surface area (Å²) in [6.45, 7) is 5.85. The molecule has 0 spiro atoms. The normalized spacial score (nSPS) is 26.5. The van der Waals surface area contributed by atoms with E-state index < -0.39 is 0 Å². The first-order valence-electron chi connectivity index (χ1n) is 4.93. The second-order valence-corrected chi connectivity index (χ2v) is 4.96. The largest absolute Gasteiger partial charge is 0.391 e. The van der Waals surface area contributed by atoms with Gasteiger partial charge < -0.3 is 10.0 Å². The molecule has 0 radical (unpaired) electrons. The van der Waals surface area contributed by atoms with E-state index >= 15 is 0 Å². The van der Waals surface area contributed by atoms with E-state index in [1.165, 1.54) is 0 Å². The van der Waals surface area contributed by atoms with Crippen molar-refractivity contribution in [3.05, 3.63) is 0 Å². The number of aliphatic hydroxyl groups is 1. The molecule has 0 aromatic heterocycles. The van der Waals surface area contributed by atoms with Crippen molar-refractivity contribution >= 4 is 5.91 Å². The Hall–Kier alpha value is -0.610. The maximum absolute atomic E-state index is 11.4. The third-order valence-corrected chi connectivity index (χ3v) is 2.82. The van der Waals surface area contributed by atoms with Gasteiger partial charge in [0.05, 0.1) is 12.6 Å². The lowest BCUT2D eigenvalue weighted by Gasteiger charge is -2.21. The molecule has 1 rings (SSSR count). The Morgan fingerprint density at radius 2 is 2.14 bits per heavy atom. The summed E-state index contributed by atoms with van der Waals surface area (Å²) >= 11 is 0. The van der Waals surface area contributed by atoms with Gasteiger partial charge in [0.1, 0.15) is 0 Å². The molecule has 14 heavy (non-hydrogen) atoms. The minimum atomic E-state index is -0.322. The average Bonchev–Trinajstić information content (AvgIpc) is 2.25. The highest BCUT2D eigenvalue weighted by atomic mass is 16.3. The number of hydrogen-bond acceptors (Lipinski definition) is 3. The fourth-order valence-corrected chi connectivity index (χ4v) is 1.69. The Bertz CT molecular complexity index is 226. The van der Waals surface area contributed by atoms with E-state index in [1.54, 1.807) is 19.0 Å². The maximum atomic E-state index is 11.4. The molecule has 1 atom stereocenters. The van der Waals surface area contributed by atoms with E-state index in [2.05, 4.69) is 0 Å². The number of amides is 1. The number of β-amino-alcohol motifs (C(OH)–C–C–N with tert-alkyl or cyclic N) is 1. The fourth-order valence-electron chi connectivity index (χ4n) is 1.69. The number of carbonyl (C=O) groups is 1. The molecule has 1 N–H and O–H groups in total. The first-order valence-corrected chi connectivity index (χ1v) is 4.93. The second-order valence-electron chi connectivity index (χ2n) is 4.96. The Morgan fingerprint density at radius 3 is 2.50 bits per heavy atom. The second kappa shape index (κ2) is 3.87. The average molecular weight is 200 g/mol. The van der Waals surface area contributed by atoms with Crippen molar-refractivity contribution in [3.8, 4) is 0 Å². The molecule has 1 amide bonds. The van der Waals surface area contributed by atoms with Crippen LogP contribution >= 0.6 is 0 Å². The lowest BCUT2D eigenvalue weighted by atomic mass is 9.90. The first kappa shape index (κ1) is 11.5. The SMILES string of the molecule is CN(C)C(=O)CN1CC(O)C(C)(C)C1. The molecule has 1 unspecified atom stereocenters. The molecule has 4 heteroatoms. The number of likely N-dealkylation sites (tertiary alicyclic amines) is 1. The van der Waals surface area contributed by atoms with Gasteiger partial charge in [-0.25, -0.2) is 0 Å². The van der Waals surface area contributed by atoms with Gasteiger partial charge in [0.2, 0.25) is 5.91 Å². The zero-order chi connectivity index (χ0) is 10.9. The highest BCUT2D eigenvalue weighted by molar-refractivity contribution is 5.77. The molecule has 1 fully saturated rings. The van der Waals surface area contributed by atoms with Crippen molar-refractivity contribution < 1.29 is 9.90 Å². The van der Waals surface area contributed by atoms with Crippen molar-refractivity contribution in [2.24, 2.45) is 5.41 Å². The van der Waals surface area contributed by atoms with Gasteiger partial charge in [-0.1, -0.05) is 13.8 Å². The molecular formula is C10H20N2O2. The molecule has 0 saturated carbocycles. The minimum absolute atomic E-state index is 0.0907. The number of likely N-dealkylation sites (N-methyl/N-ethyl adjacent to an activating group) is 1. The number of rotatable bonds is 2. The Kier molecular flexibility index (Phi) is 3.17. The van der Waals surface area contributed by atoms with Gasteiger partial charge in [0.15, 0.2) is 0 Å². The van der Waals surface area contributed by atoms with E-state index in [-0.39, 0.29) is 17.4 Å². The maximum Gasteiger partial charge on any atom is 0.236 e. The lowest BCUT2D eigenvalue weighted by molar-refractivity contribution is -0.129. The monoisotopic (exact) mass is 200 g/mol. The summed E-state index contributed by atoms with van der Waals surface area (Å²) in [6.07, 6.45) is -0.322. The van der Waals surface area contributed by atoms with Crippen molar-refractivity contribution in [3.63, 3.8) is 0 Å². The first-order chi connectivity index (χ1) is 6.33. The zero-order valence-electron chi connectivity index (χ0n) is 9.45. The predicted octanol–water partition coefficient (Wildman–Crippen LogP) is -0.223. The summed E-state index contributed by atoms with van der Waals surface area (Å²) in [5.41, 5.74) is -0.0907. The summed E-state index contributed by atoms with van der Waals surface area (Å²) in [6, 6.07) is 0. The quantitative estimate of drug-likeness (QED) is 0.670. The van der Waals surface area contributed by atoms with E-state index in [0.717, 1.165) is 6.54 Å². The molecule has 1 heterocycles. The van der Waals surface area contributed by atoms with Crippen LogP contribution in [0.3, 0.4) is 0 Å². The predicted molar refractivity (Wildman–Crippen MR) is 54.9 cm³/mol. The summed E-state index contributed by atoms with van der Waals surface area (Å²) in [4.78, 5) is 15.0. The molecule has 0 aromatic carbocycles. The van der Waals surface area contributed by atoms with Crippen LogP contribution in [0.2, 0.25) is 0 Å². The summed E-state index contributed by atoms with van der Waals surface area (Å²) < 4.78 is 0. The van der Waals surface area contributed by atoms with Crippen LogP contribution in [-0.4, -0.2) is 60.6 Å². The van der Waals surface area contributed by atoms with E-state index in [0.29, 0.717) is 13.1 Å². The molecule has 0 bridgehead atoms. The van der Waals surface area contributed by atoms with E-state index in [4.69, 9.17) is 0 Å². The minimum Gasteiger partial charge on any atom is -0.391 e. The Labute approximate surface area is 85.5 Å². The van der Waals surface area contributed by atoms with Gasteiger partial charge in [-0.05, 0) is 0 Å². The van der Waals surface area contributed by atoms with Gasteiger partial charge in [0, 0.05) is 32.6 Å². The van der Waals surface area contributed by atoms with Gasteiger partial charge in [-0.3, -0.25) is 9.69 Å². The van der Waals surface area contributed by atoms with Crippen LogP contribution < -0.4 is 0 Å². The smallest absolute Gasteiger partial charge is 0.236 e. The molecule has 1 saturated heterocycles. The van der Waals surface area contributed by atoms with Crippen LogP contribution in [-0.2, 0) is 4.79 Å². The van der Waals surface area contributed by atoms with Gasteiger partial charge in [-0.2, -0.15) is 0 Å². The zero-order valence-corrected chi connectivity index (χ0v) is 9.45. The van der Waals surface area contributed by atoms with Gasteiger partial charge in [0.25, 0.3) is 0 Å². The summed E-state index contributed by atoms with van der Waals surface area (Å²) in [7, 11) is 3.50. The number of nitrogens with zero attached hydrogens (tertiary/aromatic N) is 2. The van der Waals surface area contributed by atoms with E-state index in [9.17, 15) is 9.90 Å². The number of carbonyl (C=O) groups excluding carboxylic acids is 1. The standard InChI is InChI=1S/C10H20N2O2/c1-10(2)7-12(5-8(10)13)6-9(14)11(3)4/h8,13H,5-7H2,1-4H3. The van der Waals surface area contributed by atoms with Crippen LogP contribution in [0.1, 0.15) is 13.8 Å². The molecule has 1 aliphatic heterocycles. The molecular weight excluding hydrogens is 180 g/mol. The van der Waals surface area contributed by atoms with Crippen LogP contribution in [0, 0.1) is 5.41 Å². The van der Waals surface area contributed by atoms with E-state index in [1.807, 2.05) is 18.7 Å². The third kappa shape index (κ3) is 2.45.